The van der Waals surface area contributed by atoms with Crippen LogP contribution in [0, 0.1) is 6.92 Å². The molecule has 0 atom stereocenters. The number of carbonyl (C=O) groups excluding carboxylic acids is 3. The normalized spacial score (nSPS) is 18.8. The largest absolute Gasteiger partial charge is 0.871 e. The fourth-order valence-electron chi connectivity index (χ4n) is 7.70. The summed E-state index contributed by atoms with van der Waals surface area (Å²) in [6, 6.07) is 13.5. The van der Waals surface area contributed by atoms with Crippen LogP contribution in [-0.2, 0) is 14.4 Å². The lowest BCUT2D eigenvalue weighted by molar-refractivity contribution is -0.519. The molecule has 58 heavy (non-hydrogen) atoms. The number of nitrogens with zero attached hydrogens (tertiary/aromatic N) is 5. The molecule has 3 aliphatic carbocycles. The van der Waals surface area contributed by atoms with Gasteiger partial charge in [0.1, 0.15) is 18.8 Å². The lowest BCUT2D eigenvalue weighted by atomic mass is 9.77. The highest BCUT2D eigenvalue weighted by molar-refractivity contribution is 8.18. The molecule has 0 saturated carbocycles. The van der Waals surface area contributed by atoms with Gasteiger partial charge >= 0.3 is 0 Å². The second kappa shape index (κ2) is 18.9. The lowest BCUT2D eigenvalue weighted by Crippen LogP contribution is -2.31. The van der Waals surface area contributed by atoms with Crippen LogP contribution < -0.4 is 14.9 Å². The average Bonchev–Trinajstić information content (AvgIpc) is 3.59. The van der Waals surface area contributed by atoms with Gasteiger partial charge in [0.2, 0.25) is 5.78 Å². The highest BCUT2D eigenvalue weighted by Crippen LogP contribution is 2.44. The van der Waals surface area contributed by atoms with Gasteiger partial charge < -0.3 is 24.9 Å². The average molecular weight is 804 g/mol. The summed E-state index contributed by atoms with van der Waals surface area (Å²) < 4.78 is 2.25. The molecule has 6 rings (SSSR count). The predicted octanol–water partition coefficient (Wildman–Crippen LogP) is 7.41. The van der Waals surface area contributed by atoms with Crippen molar-refractivity contribution in [2.75, 3.05) is 62.2 Å². The zero-order valence-electron chi connectivity index (χ0n) is 35.7. The molecule has 0 bridgehead atoms. The van der Waals surface area contributed by atoms with E-state index in [1.807, 2.05) is 81.1 Å². The predicted molar refractivity (Wildman–Crippen MR) is 237 cm³/mol. The van der Waals surface area contributed by atoms with Gasteiger partial charge in [-0.2, -0.15) is 4.99 Å². The molecule has 0 radical (unpaired) electrons. The van der Waals surface area contributed by atoms with E-state index in [0.29, 0.717) is 21.9 Å². The second-order valence-electron chi connectivity index (χ2n) is 14.2. The number of rotatable bonds is 12. The first kappa shape index (κ1) is 43.7. The molecule has 0 spiro atoms. The molecular weight excluding hydrogens is 747 g/mol. The van der Waals surface area contributed by atoms with Gasteiger partial charge in [-0.15, -0.1) is 0 Å². The minimum absolute atomic E-state index is 0.0868. The van der Waals surface area contributed by atoms with Crippen molar-refractivity contribution in [1.29, 1.82) is 0 Å². The van der Waals surface area contributed by atoms with Crippen LogP contribution in [0.2, 0.25) is 0 Å². The van der Waals surface area contributed by atoms with Gasteiger partial charge in [0.25, 0.3) is 5.91 Å². The van der Waals surface area contributed by atoms with E-state index in [4.69, 9.17) is 0 Å². The summed E-state index contributed by atoms with van der Waals surface area (Å²) >= 11 is 1.16. The Morgan fingerprint density at radius 1 is 0.690 bits per heavy atom. The highest BCUT2D eigenvalue weighted by Gasteiger charge is 2.42. The number of aliphatic hydroxyl groups excluding tert-OH is 1. The summed E-state index contributed by atoms with van der Waals surface area (Å²) in [4.78, 5) is 48.7. The number of aryl methyl sites for hydroxylation is 1. The van der Waals surface area contributed by atoms with Gasteiger partial charge in [0, 0.05) is 73.9 Å². The van der Waals surface area contributed by atoms with Crippen molar-refractivity contribution < 1.29 is 29.2 Å². The van der Waals surface area contributed by atoms with E-state index in [2.05, 4.69) is 73.1 Å². The Kier molecular flexibility index (Phi) is 14.2. The van der Waals surface area contributed by atoms with Gasteiger partial charge in [-0.3, -0.25) is 14.4 Å². The number of anilines is 2. The molecule has 11 heteroatoms. The van der Waals surface area contributed by atoms with Crippen molar-refractivity contribution in [3.63, 3.8) is 0 Å². The quantitative estimate of drug-likeness (QED) is 0.173. The number of amides is 1. The van der Waals surface area contributed by atoms with Crippen LogP contribution in [0.25, 0.3) is 11.1 Å². The van der Waals surface area contributed by atoms with Crippen LogP contribution in [0.3, 0.4) is 0 Å². The molecule has 2 aromatic rings. The number of amidine groups is 1. The Balaban J connectivity index is 0.000000221. The first-order chi connectivity index (χ1) is 27.8. The maximum atomic E-state index is 13.0. The summed E-state index contributed by atoms with van der Waals surface area (Å²) in [5.41, 5.74) is 8.38. The first-order valence-corrected chi connectivity index (χ1v) is 21.3. The van der Waals surface area contributed by atoms with Crippen molar-refractivity contribution in [1.82, 2.24) is 4.90 Å². The number of aliphatic hydroxyl groups is 1. The maximum absolute atomic E-state index is 13.0. The van der Waals surface area contributed by atoms with Crippen LogP contribution >= 0.6 is 11.8 Å². The third kappa shape index (κ3) is 8.27. The number of thioether (sulfide) groups is 1. The van der Waals surface area contributed by atoms with Crippen molar-refractivity contribution in [2.45, 2.75) is 69.2 Å². The fraction of sp³-hybridized carbons (Fsp3) is 0.383. The van der Waals surface area contributed by atoms with Crippen LogP contribution in [0.4, 0.5) is 11.4 Å². The summed E-state index contributed by atoms with van der Waals surface area (Å²) in [5, 5.41) is 24.1. The van der Waals surface area contributed by atoms with Crippen molar-refractivity contribution >= 4 is 62.6 Å². The summed E-state index contributed by atoms with van der Waals surface area (Å²) in [7, 11) is 0. The molecule has 2 aromatic carbocycles. The third-order valence-corrected chi connectivity index (χ3v) is 12.3. The van der Waals surface area contributed by atoms with Gasteiger partial charge in [0.05, 0.1) is 16.1 Å². The Labute approximate surface area is 348 Å². The molecule has 306 valence electrons. The minimum Gasteiger partial charge on any atom is -0.871 e. The summed E-state index contributed by atoms with van der Waals surface area (Å²) in [6.45, 7) is 27.5. The van der Waals surface area contributed by atoms with Crippen LogP contribution in [0.1, 0.15) is 79.0 Å². The Morgan fingerprint density at radius 2 is 1.24 bits per heavy atom. The molecule has 1 N–H and O–H groups in total. The molecule has 10 nitrogen and oxygen atoms in total. The SMILES string of the molecule is CCN(CC)C1=NC(=O)C(=C2C(=O)C(c3ccc(N(CC)CC)cc3)=C2O)S1.CCN(CC)c1ccc(C2=C([O-])/C(=C3/C=CC(=[N+](CC)CC)C=C3C)C2=O)c(C)c1. The van der Waals surface area contributed by atoms with E-state index < -0.39 is 5.91 Å². The third-order valence-electron chi connectivity index (χ3n) is 11.2. The number of allylic oxidation sites excluding steroid dienone is 9. The molecule has 1 aliphatic heterocycles. The van der Waals surface area contributed by atoms with E-state index in [-0.39, 0.29) is 39.1 Å². The first-order valence-electron chi connectivity index (χ1n) is 20.5. The standard InChI is InChI=1S/C26H32N2O2.C21H25N3O3S/c1-7-27(8-2)19-11-13-21(17(5)15-19)23-25(29)24(26(23)30)22-14-12-20(16-18(22)6)28(9-3)10-4;1-5-23(6-2)14-11-9-13(10-12-14)15-17(25)16(18(15)26)19-20(27)22-21(28-19)24(7-3)8-4/h11-16H,7-10H2,1-6H3;9-12,25H,5-8H2,1-4H3. The Morgan fingerprint density at radius 3 is 1.74 bits per heavy atom. The number of benzene rings is 2. The summed E-state index contributed by atoms with van der Waals surface area (Å²) in [6.07, 6.45) is 5.99. The van der Waals surface area contributed by atoms with Crippen molar-refractivity contribution in [3.8, 4) is 0 Å². The number of carbonyl (C=O) groups is 3. The van der Waals surface area contributed by atoms with Crippen LogP contribution in [-0.4, -0.2) is 95.3 Å². The van der Waals surface area contributed by atoms with Gasteiger partial charge in [0.15, 0.2) is 16.7 Å². The molecule has 0 saturated heterocycles. The highest BCUT2D eigenvalue weighted by atomic mass is 32.2. The molecule has 1 heterocycles. The van der Waals surface area contributed by atoms with E-state index in [1.54, 1.807) is 0 Å². The number of aliphatic imine (C=N–C) groups is 1. The Hall–Kier alpha value is -5.42. The molecule has 4 aliphatic rings. The molecular formula is C47H57N5O5S. The lowest BCUT2D eigenvalue weighted by Gasteiger charge is -2.34. The molecule has 0 unspecified atom stereocenters. The van der Waals surface area contributed by atoms with E-state index >= 15 is 0 Å². The molecule has 0 aromatic heterocycles. The Bertz CT molecular complexity index is 2230. The minimum atomic E-state index is -0.460. The van der Waals surface area contributed by atoms with E-state index in [9.17, 15) is 24.6 Å². The van der Waals surface area contributed by atoms with E-state index in [0.717, 1.165) is 103 Å². The summed E-state index contributed by atoms with van der Waals surface area (Å²) in [5.74, 6) is -1.17. The zero-order valence-corrected chi connectivity index (χ0v) is 36.5. The topological polar surface area (TPSA) is 120 Å². The monoisotopic (exact) mass is 803 g/mol. The van der Waals surface area contributed by atoms with Gasteiger partial charge in [-0.05, 0) is 139 Å². The van der Waals surface area contributed by atoms with Gasteiger partial charge in [-0.25, -0.2) is 4.58 Å². The number of ketones is 2. The number of hydrogen-bond donors (Lipinski definition) is 1. The van der Waals surface area contributed by atoms with Crippen LogP contribution in [0.15, 0.2) is 104 Å². The smallest absolute Gasteiger partial charge is 0.287 e. The zero-order chi connectivity index (χ0) is 42.4. The number of hydrogen-bond acceptors (Lipinski definition) is 9. The van der Waals surface area contributed by atoms with Crippen LogP contribution in [0.5, 0.6) is 0 Å². The van der Waals surface area contributed by atoms with E-state index in [1.165, 1.54) is 0 Å². The maximum Gasteiger partial charge on any atom is 0.287 e. The number of Topliss-reactive ketones (excluding diaryl/α,β-unsaturated/α-hetero) is 2. The second-order valence-corrected chi connectivity index (χ2v) is 15.2. The van der Waals surface area contributed by atoms with Gasteiger partial charge in [-0.1, -0.05) is 24.0 Å². The van der Waals surface area contributed by atoms with Crippen molar-refractivity contribution in [2.24, 2.45) is 4.99 Å². The molecule has 0 fully saturated rings. The van der Waals surface area contributed by atoms with Crippen molar-refractivity contribution in [3.05, 3.63) is 116 Å². The fourth-order valence-corrected chi connectivity index (χ4v) is 8.82. The molecule has 1 amide bonds.